The quantitative estimate of drug-likeness (QED) is 0.564. The van der Waals surface area contributed by atoms with Crippen LogP contribution in [0.1, 0.15) is 42.8 Å². The van der Waals surface area contributed by atoms with Gasteiger partial charge in [0.05, 0.1) is 16.7 Å². The predicted octanol–water partition coefficient (Wildman–Crippen LogP) is 5.90. The van der Waals surface area contributed by atoms with Gasteiger partial charge in [-0.1, -0.05) is 81.4 Å². The Hall–Kier alpha value is -2.11. The highest BCUT2D eigenvalue weighted by atomic mass is 32.2. The SMILES string of the molecule is CC(C)(C)c1csc(NC(=O)CSC(c2ccccc2)c2ccccc2)n1. The van der Waals surface area contributed by atoms with Gasteiger partial charge in [-0.3, -0.25) is 4.79 Å². The average molecular weight is 397 g/mol. The summed E-state index contributed by atoms with van der Waals surface area (Å²) in [7, 11) is 0. The molecule has 3 nitrogen and oxygen atoms in total. The van der Waals surface area contributed by atoms with Crippen molar-refractivity contribution in [2.45, 2.75) is 31.4 Å². The summed E-state index contributed by atoms with van der Waals surface area (Å²) < 4.78 is 0. The molecule has 2 aromatic carbocycles. The summed E-state index contributed by atoms with van der Waals surface area (Å²) in [5.74, 6) is 0.352. The summed E-state index contributed by atoms with van der Waals surface area (Å²) in [6, 6.07) is 20.6. The van der Waals surface area contributed by atoms with Crippen LogP contribution < -0.4 is 5.32 Å². The van der Waals surface area contributed by atoms with E-state index >= 15 is 0 Å². The summed E-state index contributed by atoms with van der Waals surface area (Å²) >= 11 is 3.11. The number of thiazole rings is 1. The van der Waals surface area contributed by atoms with E-state index in [2.05, 4.69) is 55.3 Å². The molecule has 1 amide bonds. The molecule has 140 valence electrons. The van der Waals surface area contributed by atoms with Crippen LogP contribution >= 0.6 is 23.1 Å². The second kappa shape index (κ2) is 8.72. The topological polar surface area (TPSA) is 42.0 Å². The molecule has 27 heavy (non-hydrogen) atoms. The molecule has 0 aliphatic rings. The van der Waals surface area contributed by atoms with Gasteiger partial charge in [-0.05, 0) is 11.1 Å². The Morgan fingerprint density at radius 1 is 1.04 bits per heavy atom. The second-order valence-electron chi connectivity index (χ2n) is 7.35. The van der Waals surface area contributed by atoms with Gasteiger partial charge in [-0.15, -0.1) is 23.1 Å². The van der Waals surface area contributed by atoms with E-state index in [-0.39, 0.29) is 16.6 Å². The lowest BCUT2D eigenvalue weighted by atomic mass is 9.93. The summed E-state index contributed by atoms with van der Waals surface area (Å²) in [6.07, 6.45) is 0. The number of hydrogen-bond donors (Lipinski definition) is 1. The number of anilines is 1. The van der Waals surface area contributed by atoms with Gasteiger partial charge in [-0.25, -0.2) is 4.98 Å². The largest absolute Gasteiger partial charge is 0.301 e. The van der Waals surface area contributed by atoms with Crippen molar-refractivity contribution >= 4 is 34.1 Å². The maximum atomic E-state index is 12.5. The lowest BCUT2D eigenvalue weighted by Crippen LogP contribution is -2.16. The van der Waals surface area contributed by atoms with Gasteiger partial charge in [0.15, 0.2) is 5.13 Å². The number of aromatic nitrogens is 1. The van der Waals surface area contributed by atoms with Gasteiger partial charge in [0.25, 0.3) is 0 Å². The van der Waals surface area contributed by atoms with Crippen molar-refractivity contribution < 1.29 is 4.79 Å². The molecule has 1 heterocycles. The van der Waals surface area contributed by atoms with E-state index in [1.165, 1.54) is 22.5 Å². The Morgan fingerprint density at radius 2 is 1.59 bits per heavy atom. The Bertz CT molecular complexity index is 831. The molecule has 1 N–H and O–H groups in total. The summed E-state index contributed by atoms with van der Waals surface area (Å²) in [4.78, 5) is 17.0. The first-order valence-electron chi connectivity index (χ1n) is 8.91. The van der Waals surface area contributed by atoms with Gasteiger partial charge >= 0.3 is 0 Å². The maximum absolute atomic E-state index is 12.5. The first-order valence-corrected chi connectivity index (χ1v) is 10.8. The van der Waals surface area contributed by atoms with E-state index in [1.807, 2.05) is 41.8 Å². The molecule has 0 unspecified atom stereocenters. The molecule has 0 bridgehead atoms. The van der Waals surface area contributed by atoms with E-state index in [9.17, 15) is 4.79 Å². The number of thioether (sulfide) groups is 1. The molecule has 0 radical (unpaired) electrons. The summed E-state index contributed by atoms with van der Waals surface area (Å²) in [6.45, 7) is 6.36. The van der Waals surface area contributed by atoms with Crippen molar-refractivity contribution in [1.29, 1.82) is 0 Å². The molecule has 0 saturated carbocycles. The van der Waals surface area contributed by atoms with Crippen molar-refractivity contribution in [3.05, 3.63) is 82.9 Å². The van der Waals surface area contributed by atoms with Crippen molar-refractivity contribution in [3.8, 4) is 0 Å². The standard InChI is InChI=1S/C22H24N2OS2/c1-22(2,3)18-14-27-21(23-18)24-19(25)15-26-20(16-10-6-4-7-11-16)17-12-8-5-9-13-17/h4-14,20H,15H2,1-3H3,(H,23,24,25). The van der Waals surface area contributed by atoms with E-state index in [1.54, 1.807) is 11.8 Å². The number of nitrogens with zero attached hydrogens (tertiary/aromatic N) is 1. The smallest absolute Gasteiger partial charge is 0.236 e. The molecule has 0 aliphatic carbocycles. The van der Waals surface area contributed by atoms with Gasteiger partial charge in [0.2, 0.25) is 5.91 Å². The Kier molecular flexibility index (Phi) is 6.34. The molecule has 0 spiro atoms. The monoisotopic (exact) mass is 396 g/mol. The molecule has 0 aliphatic heterocycles. The minimum absolute atomic E-state index is 0.0139. The van der Waals surface area contributed by atoms with Crippen molar-refractivity contribution in [2.75, 3.05) is 11.1 Å². The van der Waals surface area contributed by atoms with E-state index in [0.717, 1.165) is 5.69 Å². The lowest BCUT2D eigenvalue weighted by molar-refractivity contribution is -0.113. The number of amides is 1. The van der Waals surface area contributed by atoms with Crippen molar-refractivity contribution in [2.24, 2.45) is 0 Å². The van der Waals surface area contributed by atoms with Gasteiger partial charge in [0.1, 0.15) is 0 Å². The van der Waals surface area contributed by atoms with Gasteiger partial charge in [-0.2, -0.15) is 0 Å². The van der Waals surface area contributed by atoms with Gasteiger partial charge < -0.3 is 5.32 Å². The zero-order valence-electron chi connectivity index (χ0n) is 15.8. The Balaban J connectivity index is 1.67. The van der Waals surface area contributed by atoms with Crippen LogP contribution in [-0.4, -0.2) is 16.6 Å². The number of carbonyl (C=O) groups is 1. The third-order valence-electron chi connectivity index (χ3n) is 4.10. The number of benzene rings is 2. The Morgan fingerprint density at radius 3 is 2.07 bits per heavy atom. The first kappa shape index (κ1) is 19.6. The minimum atomic E-state index is -0.0216. The zero-order valence-corrected chi connectivity index (χ0v) is 17.4. The normalized spacial score (nSPS) is 11.6. The zero-order chi connectivity index (χ0) is 19.3. The van der Waals surface area contributed by atoms with Crippen molar-refractivity contribution in [3.63, 3.8) is 0 Å². The number of nitrogens with one attached hydrogen (secondary N) is 1. The average Bonchev–Trinajstić information content (AvgIpc) is 3.12. The molecule has 5 heteroatoms. The van der Waals surface area contributed by atoms with Crippen LogP contribution in [0.5, 0.6) is 0 Å². The van der Waals surface area contributed by atoms with Crippen LogP contribution in [0.2, 0.25) is 0 Å². The fourth-order valence-electron chi connectivity index (χ4n) is 2.63. The molecule has 3 rings (SSSR count). The van der Waals surface area contributed by atoms with Crippen LogP contribution in [0.15, 0.2) is 66.0 Å². The molecule has 0 saturated heterocycles. The molecule has 0 fully saturated rings. The second-order valence-corrected chi connectivity index (χ2v) is 9.30. The molecular formula is C22H24N2OS2. The minimum Gasteiger partial charge on any atom is -0.301 e. The highest BCUT2D eigenvalue weighted by Crippen LogP contribution is 2.35. The molecule has 1 aromatic heterocycles. The van der Waals surface area contributed by atoms with E-state index < -0.39 is 0 Å². The Labute approximate surface area is 169 Å². The third-order valence-corrected chi connectivity index (χ3v) is 6.17. The lowest BCUT2D eigenvalue weighted by Gasteiger charge is -2.17. The highest BCUT2D eigenvalue weighted by molar-refractivity contribution is 8.00. The van der Waals surface area contributed by atoms with Crippen LogP contribution in [0, 0.1) is 0 Å². The number of carbonyl (C=O) groups excluding carboxylic acids is 1. The molecule has 3 aromatic rings. The van der Waals surface area contributed by atoms with Gasteiger partial charge in [0, 0.05) is 10.8 Å². The summed E-state index contributed by atoms with van der Waals surface area (Å²) in [5.41, 5.74) is 3.39. The number of hydrogen-bond acceptors (Lipinski definition) is 4. The fourth-order valence-corrected chi connectivity index (χ4v) is 4.67. The fraction of sp³-hybridized carbons (Fsp3) is 0.273. The summed E-state index contributed by atoms with van der Waals surface area (Å²) in [5, 5.41) is 5.75. The van der Waals surface area contributed by atoms with Crippen molar-refractivity contribution in [1.82, 2.24) is 4.98 Å². The third kappa shape index (κ3) is 5.44. The molecular weight excluding hydrogens is 372 g/mol. The van der Waals surface area contributed by atoms with E-state index in [0.29, 0.717) is 10.9 Å². The highest BCUT2D eigenvalue weighted by Gasteiger charge is 2.19. The number of rotatable bonds is 6. The van der Waals surface area contributed by atoms with Crippen LogP contribution in [0.25, 0.3) is 0 Å². The van der Waals surface area contributed by atoms with Crippen LogP contribution in [0.3, 0.4) is 0 Å². The maximum Gasteiger partial charge on any atom is 0.236 e. The molecule has 0 atom stereocenters. The first-order chi connectivity index (χ1) is 12.9. The predicted molar refractivity (Wildman–Crippen MR) is 117 cm³/mol. The van der Waals surface area contributed by atoms with Crippen LogP contribution in [0.4, 0.5) is 5.13 Å². The van der Waals surface area contributed by atoms with Crippen LogP contribution in [-0.2, 0) is 10.2 Å². The van der Waals surface area contributed by atoms with E-state index in [4.69, 9.17) is 0 Å².